The SMILES string of the molecule is O=CCCc1c(Br)cccc1CC(=O)O. The molecule has 0 saturated carbocycles. The van der Waals surface area contributed by atoms with Crippen LogP contribution in [0, 0.1) is 0 Å². The minimum absolute atomic E-state index is 0.00632. The summed E-state index contributed by atoms with van der Waals surface area (Å²) in [5.74, 6) is -0.861. The highest BCUT2D eigenvalue weighted by atomic mass is 79.9. The fourth-order valence-corrected chi connectivity index (χ4v) is 2.02. The zero-order valence-corrected chi connectivity index (χ0v) is 9.66. The standard InChI is InChI=1S/C11H11BrO3/c12-10-5-1-3-8(7-11(14)15)9(10)4-2-6-13/h1,3,5-6H,2,4,7H2,(H,14,15). The first-order valence-corrected chi connectivity index (χ1v) is 5.36. The minimum atomic E-state index is -0.861. The number of rotatable bonds is 5. The van der Waals surface area contributed by atoms with Crippen molar-refractivity contribution in [1.82, 2.24) is 0 Å². The highest BCUT2D eigenvalue weighted by molar-refractivity contribution is 9.10. The molecule has 80 valence electrons. The Balaban J connectivity index is 2.96. The first kappa shape index (κ1) is 11.9. The molecule has 0 fully saturated rings. The van der Waals surface area contributed by atoms with Gasteiger partial charge >= 0.3 is 5.97 Å². The van der Waals surface area contributed by atoms with Crippen molar-refractivity contribution in [2.24, 2.45) is 0 Å². The van der Waals surface area contributed by atoms with Crippen LogP contribution in [-0.4, -0.2) is 17.4 Å². The number of carbonyl (C=O) groups excluding carboxylic acids is 1. The number of carboxylic acids is 1. The van der Waals surface area contributed by atoms with E-state index in [-0.39, 0.29) is 6.42 Å². The van der Waals surface area contributed by atoms with Crippen LogP contribution in [0.15, 0.2) is 22.7 Å². The summed E-state index contributed by atoms with van der Waals surface area (Å²) >= 11 is 3.36. The van der Waals surface area contributed by atoms with Crippen LogP contribution >= 0.6 is 15.9 Å². The van der Waals surface area contributed by atoms with Crippen molar-refractivity contribution in [2.45, 2.75) is 19.3 Å². The van der Waals surface area contributed by atoms with Gasteiger partial charge in [0.25, 0.3) is 0 Å². The quantitative estimate of drug-likeness (QED) is 0.835. The van der Waals surface area contributed by atoms with E-state index < -0.39 is 5.97 Å². The number of carbonyl (C=O) groups is 2. The molecular formula is C11H11BrO3. The Labute approximate surface area is 96.2 Å². The number of carboxylic acid groups (broad SMARTS) is 1. The number of aliphatic carboxylic acids is 1. The van der Waals surface area contributed by atoms with Gasteiger partial charge in [0.1, 0.15) is 6.29 Å². The molecule has 0 aliphatic rings. The molecule has 0 heterocycles. The van der Waals surface area contributed by atoms with E-state index in [0.29, 0.717) is 12.8 Å². The van der Waals surface area contributed by atoms with Crippen molar-refractivity contribution in [3.63, 3.8) is 0 Å². The number of hydrogen-bond donors (Lipinski definition) is 1. The van der Waals surface area contributed by atoms with Gasteiger partial charge in [0.05, 0.1) is 6.42 Å². The van der Waals surface area contributed by atoms with Gasteiger partial charge in [0, 0.05) is 10.9 Å². The van der Waals surface area contributed by atoms with E-state index in [1.165, 1.54) is 0 Å². The van der Waals surface area contributed by atoms with E-state index in [2.05, 4.69) is 15.9 Å². The van der Waals surface area contributed by atoms with Gasteiger partial charge in [-0.15, -0.1) is 0 Å². The molecule has 1 N–H and O–H groups in total. The summed E-state index contributed by atoms with van der Waals surface area (Å²) in [5, 5.41) is 8.72. The molecule has 1 aromatic carbocycles. The second-order valence-electron chi connectivity index (χ2n) is 3.15. The van der Waals surface area contributed by atoms with E-state index in [1.54, 1.807) is 12.1 Å². The van der Waals surface area contributed by atoms with Gasteiger partial charge in [-0.25, -0.2) is 0 Å². The fraction of sp³-hybridized carbons (Fsp3) is 0.273. The van der Waals surface area contributed by atoms with Crippen LogP contribution in [0.1, 0.15) is 17.5 Å². The van der Waals surface area contributed by atoms with Gasteiger partial charge < -0.3 is 9.90 Å². The smallest absolute Gasteiger partial charge is 0.307 e. The zero-order valence-electron chi connectivity index (χ0n) is 8.07. The molecule has 3 nitrogen and oxygen atoms in total. The number of benzene rings is 1. The predicted octanol–water partition coefficient (Wildman–Crippen LogP) is 2.21. The lowest BCUT2D eigenvalue weighted by Crippen LogP contribution is -2.04. The van der Waals surface area contributed by atoms with Crippen LogP contribution in [-0.2, 0) is 22.4 Å². The molecule has 0 aliphatic carbocycles. The normalized spacial score (nSPS) is 9.93. The third-order valence-electron chi connectivity index (χ3n) is 2.07. The molecule has 4 heteroatoms. The Kier molecular flexibility index (Phi) is 4.49. The highest BCUT2D eigenvalue weighted by Gasteiger charge is 2.09. The summed E-state index contributed by atoms with van der Waals surface area (Å²) in [4.78, 5) is 20.9. The van der Waals surface area contributed by atoms with E-state index in [9.17, 15) is 9.59 Å². The summed E-state index contributed by atoms with van der Waals surface area (Å²) in [7, 11) is 0. The Hall–Kier alpha value is -1.16. The van der Waals surface area contributed by atoms with E-state index in [4.69, 9.17) is 5.11 Å². The van der Waals surface area contributed by atoms with E-state index >= 15 is 0 Å². The van der Waals surface area contributed by atoms with Gasteiger partial charge in [-0.1, -0.05) is 28.1 Å². The molecule has 0 bridgehead atoms. The zero-order chi connectivity index (χ0) is 11.3. The fourth-order valence-electron chi connectivity index (χ4n) is 1.42. The second kappa shape index (κ2) is 5.66. The Morgan fingerprint density at radius 2 is 2.20 bits per heavy atom. The summed E-state index contributed by atoms with van der Waals surface area (Å²) in [5.41, 5.74) is 1.67. The van der Waals surface area contributed by atoms with Gasteiger partial charge in [-0.2, -0.15) is 0 Å². The molecule has 0 spiro atoms. The van der Waals surface area contributed by atoms with Crippen LogP contribution in [0.3, 0.4) is 0 Å². The van der Waals surface area contributed by atoms with Crippen molar-refractivity contribution in [1.29, 1.82) is 0 Å². The lowest BCUT2D eigenvalue weighted by Gasteiger charge is -2.08. The van der Waals surface area contributed by atoms with E-state index in [0.717, 1.165) is 21.9 Å². The Bertz CT molecular complexity index is 374. The first-order valence-electron chi connectivity index (χ1n) is 4.57. The molecule has 0 aliphatic heterocycles. The Morgan fingerprint density at radius 1 is 1.47 bits per heavy atom. The molecule has 0 amide bonds. The molecule has 1 rings (SSSR count). The van der Waals surface area contributed by atoms with Gasteiger partial charge in [0.15, 0.2) is 0 Å². The lowest BCUT2D eigenvalue weighted by atomic mass is 10.0. The molecule has 0 unspecified atom stereocenters. The van der Waals surface area contributed by atoms with E-state index in [1.807, 2.05) is 6.07 Å². The van der Waals surface area contributed by atoms with Crippen molar-refractivity contribution in [3.05, 3.63) is 33.8 Å². The van der Waals surface area contributed by atoms with Crippen LogP contribution in [0.2, 0.25) is 0 Å². The number of halogens is 1. The predicted molar refractivity (Wildman–Crippen MR) is 59.9 cm³/mol. The maximum Gasteiger partial charge on any atom is 0.307 e. The Morgan fingerprint density at radius 3 is 2.80 bits per heavy atom. The monoisotopic (exact) mass is 270 g/mol. The summed E-state index contributed by atoms with van der Waals surface area (Å²) in [6.45, 7) is 0. The molecule has 15 heavy (non-hydrogen) atoms. The summed E-state index contributed by atoms with van der Waals surface area (Å²) < 4.78 is 0.864. The average molecular weight is 271 g/mol. The van der Waals surface area contributed by atoms with Crippen molar-refractivity contribution in [2.75, 3.05) is 0 Å². The summed E-state index contributed by atoms with van der Waals surface area (Å²) in [6, 6.07) is 5.43. The van der Waals surface area contributed by atoms with Gasteiger partial charge in [0.2, 0.25) is 0 Å². The topological polar surface area (TPSA) is 54.4 Å². The molecule has 1 aromatic rings. The van der Waals surface area contributed by atoms with Gasteiger partial charge in [-0.3, -0.25) is 4.79 Å². The molecule has 0 saturated heterocycles. The van der Waals surface area contributed by atoms with Crippen molar-refractivity contribution in [3.8, 4) is 0 Å². The second-order valence-corrected chi connectivity index (χ2v) is 4.01. The third kappa shape index (κ3) is 3.47. The van der Waals surface area contributed by atoms with Crippen LogP contribution in [0.5, 0.6) is 0 Å². The maximum absolute atomic E-state index is 10.6. The maximum atomic E-state index is 10.6. The average Bonchev–Trinajstić information content (AvgIpc) is 2.16. The first-order chi connectivity index (χ1) is 7.15. The largest absolute Gasteiger partial charge is 0.481 e. The highest BCUT2D eigenvalue weighted by Crippen LogP contribution is 2.22. The summed E-state index contributed by atoms with van der Waals surface area (Å²) in [6.07, 6.45) is 1.82. The molecule has 0 radical (unpaired) electrons. The molecular weight excluding hydrogens is 260 g/mol. The third-order valence-corrected chi connectivity index (χ3v) is 2.81. The number of hydrogen-bond acceptors (Lipinski definition) is 2. The minimum Gasteiger partial charge on any atom is -0.481 e. The van der Waals surface area contributed by atoms with Crippen LogP contribution < -0.4 is 0 Å². The van der Waals surface area contributed by atoms with Gasteiger partial charge in [-0.05, 0) is 23.6 Å². The molecule has 0 atom stereocenters. The lowest BCUT2D eigenvalue weighted by molar-refractivity contribution is -0.136. The number of aldehydes is 1. The van der Waals surface area contributed by atoms with Crippen LogP contribution in [0.25, 0.3) is 0 Å². The van der Waals surface area contributed by atoms with Crippen LogP contribution in [0.4, 0.5) is 0 Å². The van der Waals surface area contributed by atoms with Crippen molar-refractivity contribution < 1.29 is 14.7 Å². The van der Waals surface area contributed by atoms with Crippen molar-refractivity contribution >= 4 is 28.2 Å². The molecule has 0 aromatic heterocycles.